The van der Waals surface area contributed by atoms with Crippen molar-refractivity contribution in [1.82, 2.24) is 5.32 Å². The second-order valence-electron chi connectivity index (χ2n) is 9.34. The van der Waals surface area contributed by atoms with Crippen LogP contribution in [-0.4, -0.2) is 51.3 Å². The van der Waals surface area contributed by atoms with Gasteiger partial charge >= 0.3 is 6.09 Å². The summed E-state index contributed by atoms with van der Waals surface area (Å²) in [7, 11) is 0. The molecule has 1 amide bonds. The van der Waals surface area contributed by atoms with Crippen molar-refractivity contribution in [2.75, 3.05) is 33.0 Å². The number of ether oxygens (including phenoxy) is 5. The van der Waals surface area contributed by atoms with Crippen LogP contribution in [0.3, 0.4) is 0 Å². The molecule has 2 heterocycles. The minimum absolute atomic E-state index is 0.0194. The fraction of sp³-hybridized carbons (Fsp3) is 0.367. The van der Waals surface area contributed by atoms with Crippen LogP contribution >= 0.6 is 0 Å². The number of carbonyl (C=O) groups excluding carboxylic acids is 1. The van der Waals surface area contributed by atoms with E-state index in [0.717, 1.165) is 54.2 Å². The maximum Gasteiger partial charge on any atom is 0.412 e. The highest BCUT2D eigenvalue weighted by atomic mass is 16.6. The van der Waals surface area contributed by atoms with Crippen molar-refractivity contribution >= 4 is 6.09 Å². The largest absolute Gasteiger partial charge is 0.491 e. The number of hydrogen-bond donors (Lipinski definition) is 1. The Hall–Kier alpha value is -3.55. The number of epoxide rings is 2. The number of nitrogens with one attached hydrogen (secondary N) is 1. The number of benzene rings is 3. The first-order chi connectivity index (χ1) is 18.2. The third-order valence-electron chi connectivity index (χ3n) is 6.33. The molecule has 3 aromatic carbocycles. The van der Waals surface area contributed by atoms with E-state index in [1.54, 1.807) is 0 Å². The average molecular weight is 504 g/mol. The van der Waals surface area contributed by atoms with Crippen LogP contribution in [0.2, 0.25) is 0 Å². The zero-order chi connectivity index (χ0) is 25.5. The summed E-state index contributed by atoms with van der Waals surface area (Å²) in [4.78, 5) is 12.0. The van der Waals surface area contributed by atoms with E-state index < -0.39 is 6.09 Å². The molecule has 2 aliphatic rings. The van der Waals surface area contributed by atoms with Gasteiger partial charge < -0.3 is 29.0 Å². The van der Waals surface area contributed by atoms with Crippen molar-refractivity contribution in [2.45, 2.75) is 37.9 Å². The van der Waals surface area contributed by atoms with Crippen LogP contribution in [0.4, 0.5) is 4.79 Å². The molecule has 2 atom stereocenters. The third kappa shape index (κ3) is 7.47. The van der Waals surface area contributed by atoms with Gasteiger partial charge in [0.05, 0.1) is 13.2 Å². The smallest absolute Gasteiger partial charge is 0.412 e. The van der Waals surface area contributed by atoms with Crippen molar-refractivity contribution < 1.29 is 28.5 Å². The van der Waals surface area contributed by atoms with E-state index in [0.29, 0.717) is 25.5 Å². The van der Waals surface area contributed by atoms with E-state index >= 15 is 0 Å². The summed E-state index contributed by atoms with van der Waals surface area (Å²) in [5.74, 6) is 2.13. The molecular weight excluding hydrogens is 470 g/mol. The van der Waals surface area contributed by atoms with Gasteiger partial charge in [0.1, 0.15) is 42.7 Å². The SMILES string of the molecule is CCCCNC(=O)Oc1ccc(C(c2ccc(OCC3CO3)cc2)c2ccc(OCC3CO3)cc2)cc1. The molecule has 5 rings (SSSR count). The second kappa shape index (κ2) is 12.1. The van der Waals surface area contributed by atoms with E-state index in [4.69, 9.17) is 23.7 Å². The highest BCUT2D eigenvalue weighted by Gasteiger charge is 2.24. The van der Waals surface area contributed by atoms with Crippen LogP contribution in [0, 0.1) is 0 Å². The van der Waals surface area contributed by atoms with Crippen LogP contribution in [0.25, 0.3) is 0 Å². The van der Waals surface area contributed by atoms with E-state index in [2.05, 4.69) is 36.5 Å². The van der Waals surface area contributed by atoms with E-state index in [1.807, 2.05) is 48.5 Å². The molecule has 0 spiro atoms. The molecule has 2 saturated heterocycles. The first-order valence-electron chi connectivity index (χ1n) is 12.9. The molecule has 1 N–H and O–H groups in total. The molecule has 0 bridgehead atoms. The molecule has 2 unspecified atom stereocenters. The van der Waals surface area contributed by atoms with Crippen molar-refractivity contribution in [3.8, 4) is 17.2 Å². The van der Waals surface area contributed by atoms with Crippen molar-refractivity contribution in [3.05, 3.63) is 89.5 Å². The lowest BCUT2D eigenvalue weighted by Gasteiger charge is -2.20. The molecular formula is C30H33NO6. The predicted molar refractivity (Wildman–Crippen MR) is 140 cm³/mol. The Morgan fingerprint density at radius 3 is 1.62 bits per heavy atom. The van der Waals surface area contributed by atoms with Crippen LogP contribution in [0.15, 0.2) is 72.8 Å². The number of rotatable bonds is 13. The average Bonchev–Trinajstić information content (AvgIpc) is 3.85. The van der Waals surface area contributed by atoms with Gasteiger partial charge in [0.25, 0.3) is 0 Å². The van der Waals surface area contributed by atoms with Gasteiger partial charge in [-0.05, 0) is 59.5 Å². The summed E-state index contributed by atoms with van der Waals surface area (Å²) in [6.07, 6.45) is 1.94. The minimum Gasteiger partial charge on any atom is -0.491 e. The molecule has 3 aromatic rings. The highest BCUT2D eigenvalue weighted by molar-refractivity contribution is 5.70. The van der Waals surface area contributed by atoms with Gasteiger partial charge in [0.2, 0.25) is 0 Å². The lowest BCUT2D eigenvalue weighted by molar-refractivity contribution is 0.200. The molecule has 0 aromatic heterocycles. The Labute approximate surface area is 217 Å². The molecule has 194 valence electrons. The minimum atomic E-state index is -0.433. The zero-order valence-corrected chi connectivity index (χ0v) is 21.1. The Bertz CT molecular complexity index is 1080. The quantitative estimate of drug-likeness (QED) is 0.193. The van der Waals surface area contributed by atoms with Crippen molar-refractivity contribution in [3.63, 3.8) is 0 Å². The summed E-state index contributed by atoms with van der Waals surface area (Å²) in [5, 5.41) is 2.77. The van der Waals surface area contributed by atoms with Gasteiger partial charge in [-0.1, -0.05) is 49.7 Å². The van der Waals surface area contributed by atoms with Gasteiger partial charge in [-0.2, -0.15) is 0 Å². The monoisotopic (exact) mass is 503 g/mol. The first-order valence-corrected chi connectivity index (χ1v) is 12.9. The van der Waals surface area contributed by atoms with Crippen LogP contribution < -0.4 is 19.5 Å². The molecule has 0 saturated carbocycles. The third-order valence-corrected chi connectivity index (χ3v) is 6.33. The molecule has 0 aliphatic carbocycles. The number of carbonyl (C=O) groups is 1. The molecule has 7 heteroatoms. The summed E-state index contributed by atoms with van der Waals surface area (Å²) < 4.78 is 27.6. The molecule has 2 aliphatic heterocycles. The summed E-state index contributed by atoms with van der Waals surface area (Å²) in [5.41, 5.74) is 3.33. The van der Waals surface area contributed by atoms with E-state index in [-0.39, 0.29) is 18.1 Å². The maximum absolute atomic E-state index is 12.0. The van der Waals surface area contributed by atoms with Gasteiger partial charge in [-0.25, -0.2) is 4.79 Å². The summed E-state index contributed by atoms with van der Waals surface area (Å²) >= 11 is 0. The highest BCUT2D eigenvalue weighted by Crippen LogP contribution is 2.35. The normalized spacial score (nSPS) is 18.5. The van der Waals surface area contributed by atoms with Crippen LogP contribution in [0.5, 0.6) is 17.2 Å². The summed E-state index contributed by atoms with van der Waals surface area (Å²) in [6, 6.07) is 24.0. The Kier molecular flexibility index (Phi) is 8.23. The molecule has 0 radical (unpaired) electrons. The van der Waals surface area contributed by atoms with Gasteiger partial charge in [0.15, 0.2) is 0 Å². The fourth-order valence-corrected chi connectivity index (χ4v) is 4.04. The zero-order valence-electron chi connectivity index (χ0n) is 21.1. The second-order valence-corrected chi connectivity index (χ2v) is 9.34. The number of unbranched alkanes of at least 4 members (excludes halogenated alkanes) is 1. The maximum atomic E-state index is 12.0. The Morgan fingerprint density at radius 1 is 0.784 bits per heavy atom. The van der Waals surface area contributed by atoms with Crippen LogP contribution in [-0.2, 0) is 9.47 Å². The lowest BCUT2D eigenvalue weighted by Crippen LogP contribution is -2.27. The first kappa shape index (κ1) is 25.1. The number of hydrogen-bond acceptors (Lipinski definition) is 6. The fourth-order valence-electron chi connectivity index (χ4n) is 4.04. The predicted octanol–water partition coefficient (Wildman–Crippen LogP) is 5.31. The van der Waals surface area contributed by atoms with Crippen molar-refractivity contribution in [2.24, 2.45) is 0 Å². The van der Waals surface area contributed by atoms with Crippen molar-refractivity contribution in [1.29, 1.82) is 0 Å². The van der Waals surface area contributed by atoms with E-state index in [1.165, 1.54) is 0 Å². The number of amides is 1. The molecule has 7 nitrogen and oxygen atoms in total. The molecule has 2 fully saturated rings. The summed E-state index contributed by atoms with van der Waals surface area (Å²) in [6.45, 7) is 5.38. The Morgan fingerprint density at radius 2 is 1.22 bits per heavy atom. The van der Waals surface area contributed by atoms with Gasteiger partial charge in [-0.15, -0.1) is 0 Å². The van der Waals surface area contributed by atoms with Gasteiger partial charge in [-0.3, -0.25) is 0 Å². The molecule has 37 heavy (non-hydrogen) atoms. The van der Waals surface area contributed by atoms with Gasteiger partial charge in [0, 0.05) is 12.5 Å². The Balaban J connectivity index is 1.32. The van der Waals surface area contributed by atoms with Crippen LogP contribution in [0.1, 0.15) is 42.4 Å². The topological polar surface area (TPSA) is 81.9 Å². The lowest BCUT2D eigenvalue weighted by atomic mass is 9.85. The standard InChI is InChI=1S/C30H33NO6/c1-2-3-16-31-30(32)37-26-14-8-23(9-15-26)29(21-4-10-24(11-5-21)33-17-27-19-35-27)22-6-12-25(13-7-22)34-18-28-20-36-28/h4-15,27-29H,2-3,16-20H2,1H3,(H,31,32). The van der Waals surface area contributed by atoms with E-state index in [9.17, 15) is 4.79 Å².